The number of fused-ring (bicyclic) bond motifs is 1. The molecule has 2 aliphatic carbocycles. The van der Waals surface area contributed by atoms with Gasteiger partial charge in [-0.15, -0.1) is 0 Å². The highest BCUT2D eigenvalue weighted by molar-refractivity contribution is 6.05. The van der Waals surface area contributed by atoms with Crippen molar-refractivity contribution in [2.24, 2.45) is 0 Å². The van der Waals surface area contributed by atoms with Crippen LogP contribution in [0.3, 0.4) is 0 Å². The van der Waals surface area contributed by atoms with Crippen molar-refractivity contribution in [3.63, 3.8) is 0 Å². The molecule has 0 spiro atoms. The van der Waals surface area contributed by atoms with Gasteiger partial charge in [-0.05, 0) is 31.0 Å². The van der Waals surface area contributed by atoms with Crippen molar-refractivity contribution >= 4 is 23.3 Å². The van der Waals surface area contributed by atoms with Crippen LogP contribution < -0.4 is 14.4 Å². The first kappa shape index (κ1) is 20.4. The Morgan fingerprint density at radius 3 is 2.69 bits per heavy atom. The topological polar surface area (TPSA) is 106 Å². The van der Waals surface area contributed by atoms with Crippen LogP contribution in [0.4, 0.5) is 10.1 Å². The number of pyridine rings is 1. The van der Waals surface area contributed by atoms with E-state index in [9.17, 15) is 18.8 Å². The van der Waals surface area contributed by atoms with E-state index in [-0.39, 0.29) is 47.5 Å². The monoisotopic (exact) mass is 440 g/mol. The molecule has 2 atom stereocenters. The van der Waals surface area contributed by atoms with Gasteiger partial charge in [-0.1, -0.05) is 0 Å². The average Bonchev–Trinajstić information content (AvgIpc) is 3.41. The number of ketones is 1. The van der Waals surface area contributed by atoms with E-state index >= 15 is 0 Å². The van der Waals surface area contributed by atoms with Gasteiger partial charge in [-0.3, -0.25) is 14.4 Å². The summed E-state index contributed by atoms with van der Waals surface area (Å²) in [6, 6.07) is 6.06. The predicted molar refractivity (Wildman–Crippen MR) is 110 cm³/mol. The molecule has 1 saturated carbocycles. The number of rotatable bonds is 7. The van der Waals surface area contributed by atoms with E-state index in [0.717, 1.165) is 12.8 Å². The Hall–Kier alpha value is -3.49. The fourth-order valence-electron chi connectivity index (χ4n) is 4.27. The second kappa shape index (κ2) is 7.89. The zero-order valence-corrected chi connectivity index (χ0v) is 17.1. The lowest BCUT2D eigenvalue weighted by Gasteiger charge is -2.19. The lowest BCUT2D eigenvalue weighted by atomic mass is 9.97. The minimum Gasteiger partial charge on any atom is -0.481 e. The van der Waals surface area contributed by atoms with Gasteiger partial charge in [0.2, 0.25) is 5.88 Å². The van der Waals surface area contributed by atoms with Crippen LogP contribution in [0, 0.1) is 5.82 Å². The number of hydrogen-bond acceptors (Lipinski definition) is 6. The standard InChI is InChI=1S/C23H21FN2O6/c24-17-10-13(9-16-18(27)7-12(22(16)17)8-21(28)29)26-6-5-19(23(26)30)31-15-3-4-20(25-11-15)32-14-1-2-14/h3-4,9-12,14,19H,1-2,5-8H2,(H,28,29)/t12?,19-/m1/s1. The van der Waals surface area contributed by atoms with Gasteiger partial charge >= 0.3 is 5.97 Å². The number of carboxylic acid groups (broad SMARTS) is 1. The molecule has 32 heavy (non-hydrogen) atoms. The Kier molecular flexibility index (Phi) is 5.03. The Labute approximate surface area is 183 Å². The Balaban J connectivity index is 1.30. The van der Waals surface area contributed by atoms with Crippen LogP contribution in [0.1, 0.15) is 53.9 Å². The highest BCUT2D eigenvalue weighted by atomic mass is 19.1. The number of aromatic nitrogens is 1. The van der Waals surface area contributed by atoms with E-state index in [1.807, 2.05) is 0 Å². The van der Waals surface area contributed by atoms with Crippen molar-refractivity contribution in [3.8, 4) is 11.6 Å². The van der Waals surface area contributed by atoms with Crippen LogP contribution >= 0.6 is 0 Å². The first-order valence-corrected chi connectivity index (χ1v) is 10.6. The molecule has 1 aromatic heterocycles. The Morgan fingerprint density at radius 2 is 2.00 bits per heavy atom. The SMILES string of the molecule is O=C(O)CC1CC(=O)c2cc(N3CC[C@@H](Oc4ccc(OC5CC5)nc4)C3=O)cc(F)c21. The van der Waals surface area contributed by atoms with Crippen LogP contribution in [-0.4, -0.2) is 46.5 Å². The molecule has 2 fully saturated rings. The zero-order valence-electron chi connectivity index (χ0n) is 17.1. The van der Waals surface area contributed by atoms with Gasteiger partial charge in [0.1, 0.15) is 17.7 Å². The molecule has 0 bridgehead atoms. The third-order valence-corrected chi connectivity index (χ3v) is 5.94. The van der Waals surface area contributed by atoms with E-state index in [0.29, 0.717) is 24.6 Å². The van der Waals surface area contributed by atoms with Gasteiger partial charge in [0.25, 0.3) is 5.91 Å². The number of carbonyl (C=O) groups is 3. The first-order valence-electron chi connectivity index (χ1n) is 10.6. The van der Waals surface area contributed by atoms with Crippen molar-refractivity contribution < 1.29 is 33.4 Å². The number of amides is 1. The lowest BCUT2D eigenvalue weighted by Crippen LogP contribution is -2.32. The maximum Gasteiger partial charge on any atom is 0.303 e. The quantitative estimate of drug-likeness (QED) is 0.705. The number of nitrogens with zero attached hydrogens (tertiary/aromatic N) is 2. The van der Waals surface area contributed by atoms with Gasteiger partial charge in [0.05, 0.1) is 12.6 Å². The number of anilines is 1. The first-order chi connectivity index (χ1) is 15.4. The number of carbonyl (C=O) groups excluding carboxylic acids is 2. The highest BCUT2D eigenvalue weighted by Crippen LogP contribution is 2.40. The van der Waals surface area contributed by atoms with Gasteiger partial charge in [0, 0.05) is 48.2 Å². The van der Waals surface area contributed by atoms with E-state index in [1.54, 1.807) is 12.1 Å². The van der Waals surface area contributed by atoms with Gasteiger partial charge in [-0.25, -0.2) is 9.37 Å². The summed E-state index contributed by atoms with van der Waals surface area (Å²) >= 11 is 0. The molecule has 2 heterocycles. The number of hydrogen-bond donors (Lipinski definition) is 1. The molecule has 2 aromatic rings. The molecule has 1 amide bonds. The number of benzene rings is 1. The summed E-state index contributed by atoms with van der Waals surface area (Å²) in [5.74, 6) is -2.15. The number of carboxylic acids is 1. The maximum atomic E-state index is 14.8. The summed E-state index contributed by atoms with van der Waals surface area (Å²) in [5.41, 5.74) is 0.548. The zero-order chi connectivity index (χ0) is 22.4. The van der Waals surface area contributed by atoms with Crippen molar-refractivity contribution in [1.82, 2.24) is 4.98 Å². The molecule has 8 nitrogen and oxygen atoms in total. The second-order valence-electron chi connectivity index (χ2n) is 8.35. The van der Waals surface area contributed by atoms with Crippen LogP contribution in [0.5, 0.6) is 11.6 Å². The average molecular weight is 440 g/mol. The van der Waals surface area contributed by atoms with Gasteiger partial charge < -0.3 is 19.5 Å². The number of ether oxygens (including phenoxy) is 2. The summed E-state index contributed by atoms with van der Waals surface area (Å²) in [6.45, 7) is 0.310. The van der Waals surface area contributed by atoms with E-state index < -0.39 is 23.8 Å². The van der Waals surface area contributed by atoms with E-state index in [2.05, 4.69) is 4.98 Å². The molecule has 3 aliphatic rings. The number of Topliss-reactive ketones (excluding diaryl/α,β-unsaturated/α-hetero) is 1. The summed E-state index contributed by atoms with van der Waals surface area (Å²) < 4.78 is 26.2. The van der Waals surface area contributed by atoms with Crippen LogP contribution in [0.15, 0.2) is 30.5 Å². The normalized spacial score (nSPS) is 22.2. The fraction of sp³-hybridized carbons (Fsp3) is 0.391. The summed E-state index contributed by atoms with van der Waals surface area (Å²) in [4.78, 5) is 41.9. The molecule has 1 aromatic carbocycles. The molecule has 0 radical (unpaired) electrons. The number of halogens is 1. The van der Waals surface area contributed by atoms with Crippen LogP contribution in [-0.2, 0) is 9.59 Å². The molecule has 9 heteroatoms. The van der Waals surface area contributed by atoms with E-state index in [1.165, 1.54) is 23.2 Å². The number of aliphatic carboxylic acids is 1. The van der Waals surface area contributed by atoms with Crippen LogP contribution in [0.2, 0.25) is 0 Å². The summed E-state index contributed by atoms with van der Waals surface area (Å²) in [7, 11) is 0. The van der Waals surface area contributed by atoms with Gasteiger partial charge in [-0.2, -0.15) is 0 Å². The van der Waals surface area contributed by atoms with Crippen molar-refractivity contribution in [2.75, 3.05) is 11.4 Å². The molecular weight excluding hydrogens is 419 g/mol. The smallest absolute Gasteiger partial charge is 0.303 e. The largest absolute Gasteiger partial charge is 0.481 e. The third-order valence-electron chi connectivity index (χ3n) is 5.94. The molecule has 166 valence electrons. The van der Waals surface area contributed by atoms with Crippen molar-refractivity contribution in [3.05, 3.63) is 47.4 Å². The Bertz CT molecular complexity index is 1100. The predicted octanol–water partition coefficient (Wildman–Crippen LogP) is 3.09. The minimum atomic E-state index is -1.09. The molecule has 1 aliphatic heterocycles. The van der Waals surface area contributed by atoms with Crippen molar-refractivity contribution in [1.29, 1.82) is 0 Å². The third kappa shape index (κ3) is 3.90. The molecular formula is C23H21FN2O6. The van der Waals surface area contributed by atoms with Gasteiger partial charge in [0.15, 0.2) is 11.9 Å². The molecule has 1 saturated heterocycles. The summed E-state index contributed by atoms with van der Waals surface area (Å²) in [6.07, 6.45) is 3.08. The Morgan fingerprint density at radius 1 is 1.19 bits per heavy atom. The minimum absolute atomic E-state index is 0.0465. The lowest BCUT2D eigenvalue weighted by molar-refractivity contribution is -0.137. The van der Waals surface area contributed by atoms with Crippen LogP contribution in [0.25, 0.3) is 0 Å². The highest BCUT2D eigenvalue weighted by Gasteiger charge is 2.38. The second-order valence-corrected chi connectivity index (χ2v) is 8.35. The summed E-state index contributed by atoms with van der Waals surface area (Å²) in [5, 5.41) is 9.03. The van der Waals surface area contributed by atoms with E-state index in [4.69, 9.17) is 14.6 Å². The van der Waals surface area contributed by atoms with Crippen molar-refractivity contribution in [2.45, 2.75) is 50.2 Å². The fourth-order valence-corrected chi connectivity index (χ4v) is 4.27. The molecule has 1 N–H and O–H groups in total. The molecule has 1 unspecified atom stereocenters. The maximum absolute atomic E-state index is 14.8. The molecule has 5 rings (SSSR count).